The Morgan fingerprint density at radius 1 is 1.04 bits per heavy atom. The molecule has 1 aromatic carbocycles. The smallest absolute Gasteiger partial charge is 0.244 e. The van der Waals surface area contributed by atoms with Gasteiger partial charge in [0.1, 0.15) is 6.04 Å². The van der Waals surface area contributed by atoms with E-state index in [-0.39, 0.29) is 11.9 Å². The fourth-order valence-electron chi connectivity index (χ4n) is 3.66. The molecule has 0 aliphatic carbocycles. The number of nitrogens with zero attached hydrogens (tertiary/aromatic N) is 3. The minimum atomic E-state index is -0.138. The third-order valence-electron chi connectivity index (χ3n) is 5.27. The summed E-state index contributed by atoms with van der Waals surface area (Å²) in [5.41, 5.74) is 2.37. The lowest BCUT2D eigenvalue weighted by Crippen LogP contribution is -2.54. The zero-order valence-electron chi connectivity index (χ0n) is 15.0. The normalized spacial score (nSPS) is 21.7. The van der Waals surface area contributed by atoms with Gasteiger partial charge in [-0.05, 0) is 19.0 Å². The summed E-state index contributed by atoms with van der Waals surface area (Å²) in [7, 11) is 0. The quantitative estimate of drug-likeness (QED) is 0.897. The predicted octanol–water partition coefficient (Wildman–Crippen LogP) is 1.11. The lowest BCUT2D eigenvalue weighted by molar-refractivity contribution is -0.139. The molecule has 0 aromatic heterocycles. The fourth-order valence-corrected chi connectivity index (χ4v) is 3.66. The Hall–Kier alpha value is -1.43. The number of carbonyl (C=O) groups excluding carboxylic acids is 1. The van der Waals surface area contributed by atoms with E-state index in [1.54, 1.807) is 0 Å². The molecule has 0 radical (unpaired) electrons. The number of nitrogens with one attached hydrogen (secondary N) is 1. The lowest BCUT2D eigenvalue weighted by Gasteiger charge is -2.40. The molecule has 1 N–H and O–H groups in total. The minimum absolute atomic E-state index is 0.138. The van der Waals surface area contributed by atoms with E-state index in [9.17, 15) is 4.79 Å². The standard InChI is InChI=1S/C19H30N4O/c1-3-21-12-14-23(15-13-21)19(24)18(22-10-8-20-9-11-22)17-6-4-16(2)5-7-17/h4-7,18,20H,3,8-15H2,1-2H3. The summed E-state index contributed by atoms with van der Waals surface area (Å²) in [6, 6.07) is 8.35. The molecule has 2 heterocycles. The van der Waals surface area contributed by atoms with E-state index >= 15 is 0 Å². The van der Waals surface area contributed by atoms with Crippen molar-refractivity contribution < 1.29 is 4.79 Å². The highest BCUT2D eigenvalue weighted by Gasteiger charge is 2.33. The molecule has 5 nitrogen and oxygen atoms in total. The van der Waals surface area contributed by atoms with Crippen LogP contribution in [0.25, 0.3) is 0 Å². The van der Waals surface area contributed by atoms with Crippen LogP contribution in [-0.2, 0) is 4.79 Å². The highest BCUT2D eigenvalue weighted by Crippen LogP contribution is 2.25. The second-order valence-corrected chi connectivity index (χ2v) is 6.86. The van der Waals surface area contributed by atoms with Crippen molar-refractivity contribution in [1.29, 1.82) is 0 Å². The van der Waals surface area contributed by atoms with Crippen molar-refractivity contribution in [2.24, 2.45) is 0 Å². The van der Waals surface area contributed by atoms with Gasteiger partial charge in [0, 0.05) is 52.4 Å². The molecule has 24 heavy (non-hydrogen) atoms. The first-order chi connectivity index (χ1) is 11.7. The van der Waals surface area contributed by atoms with Crippen LogP contribution in [0.1, 0.15) is 24.1 Å². The molecule has 2 aliphatic rings. The third kappa shape index (κ3) is 3.97. The zero-order chi connectivity index (χ0) is 16.9. The first-order valence-electron chi connectivity index (χ1n) is 9.21. The number of rotatable bonds is 4. The van der Waals surface area contributed by atoms with Crippen molar-refractivity contribution in [2.75, 3.05) is 58.9 Å². The monoisotopic (exact) mass is 330 g/mol. The van der Waals surface area contributed by atoms with Gasteiger partial charge in [0.25, 0.3) is 0 Å². The van der Waals surface area contributed by atoms with Gasteiger partial charge in [-0.3, -0.25) is 9.69 Å². The molecule has 2 aliphatic heterocycles. The van der Waals surface area contributed by atoms with Gasteiger partial charge in [0.05, 0.1) is 0 Å². The average molecular weight is 330 g/mol. The van der Waals surface area contributed by atoms with Crippen molar-refractivity contribution in [2.45, 2.75) is 19.9 Å². The second kappa shape index (κ2) is 8.10. The summed E-state index contributed by atoms with van der Waals surface area (Å²) >= 11 is 0. The molecule has 5 heteroatoms. The SMILES string of the molecule is CCN1CCN(C(=O)C(c2ccc(C)cc2)N2CCNCC2)CC1. The maximum atomic E-state index is 13.3. The number of likely N-dealkylation sites (N-methyl/N-ethyl adjacent to an activating group) is 1. The molecule has 1 aromatic rings. The molecule has 0 saturated carbocycles. The number of hydrogen-bond acceptors (Lipinski definition) is 4. The maximum Gasteiger partial charge on any atom is 0.244 e. The molecule has 2 fully saturated rings. The summed E-state index contributed by atoms with van der Waals surface area (Å²) in [6.07, 6.45) is 0. The highest BCUT2D eigenvalue weighted by atomic mass is 16.2. The Bertz CT molecular complexity index is 531. The zero-order valence-corrected chi connectivity index (χ0v) is 15.0. The number of piperazine rings is 2. The average Bonchev–Trinajstić information content (AvgIpc) is 2.64. The molecule has 2 saturated heterocycles. The van der Waals surface area contributed by atoms with Crippen LogP contribution in [0, 0.1) is 6.92 Å². The van der Waals surface area contributed by atoms with Crippen LogP contribution in [0.15, 0.2) is 24.3 Å². The Morgan fingerprint density at radius 2 is 1.67 bits per heavy atom. The van der Waals surface area contributed by atoms with E-state index in [1.165, 1.54) is 5.56 Å². The Balaban J connectivity index is 1.78. The van der Waals surface area contributed by atoms with Gasteiger partial charge in [-0.2, -0.15) is 0 Å². The van der Waals surface area contributed by atoms with Gasteiger partial charge in [-0.25, -0.2) is 0 Å². The van der Waals surface area contributed by atoms with Gasteiger partial charge < -0.3 is 15.1 Å². The molecule has 0 spiro atoms. The van der Waals surface area contributed by atoms with Crippen molar-refractivity contribution in [3.8, 4) is 0 Å². The van der Waals surface area contributed by atoms with Crippen LogP contribution < -0.4 is 5.32 Å². The van der Waals surface area contributed by atoms with Crippen LogP contribution in [0.2, 0.25) is 0 Å². The Morgan fingerprint density at radius 3 is 2.25 bits per heavy atom. The van der Waals surface area contributed by atoms with Crippen molar-refractivity contribution in [3.63, 3.8) is 0 Å². The largest absolute Gasteiger partial charge is 0.338 e. The van der Waals surface area contributed by atoms with E-state index in [0.29, 0.717) is 0 Å². The van der Waals surface area contributed by atoms with E-state index < -0.39 is 0 Å². The number of aryl methyl sites for hydroxylation is 1. The number of carbonyl (C=O) groups is 1. The Kier molecular flexibility index (Phi) is 5.87. The first-order valence-corrected chi connectivity index (χ1v) is 9.21. The Labute approximate surface area is 145 Å². The van der Waals surface area contributed by atoms with Crippen molar-refractivity contribution in [3.05, 3.63) is 35.4 Å². The van der Waals surface area contributed by atoms with Crippen molar-refractivity contribution >= 4 is 5.91 Å². The van der Waals surface area contributed by atoms with Gasteiger partial charge in [-0.15, -0.1) is 0 Å². The van der Waals surface area contributed by atoms with E-state index in [4.69, 9.17) is 0 Å². The minimum Gasteiger partial charge on any atom is -0.338 e. The van der Waals surface area contributed by atoms with Crippen LogP contribution in [0.5, 0.6) is 0 Å². The van der Waals surface area contributed by atoms with Crippen LogP contribution in [0.3, 0.4) is 0 Å². The van der Waals surface area contributed by atoms with Gasteiger partial charge in [-0.1, -0.05) is 36.8 Å². The molecule has 1 atom stereocenters. The van der Waals surface area contributed by atoms with Crippen molar-refractivity contribution in [1.82, 2.24) is 20.0 Å². The number of hydrogen-bond donors (Lipinski definition) is 1. The molecule has 0 bridgehead atoms. The van der Waals surface area contributed by atoms with Crippen LogP contribution >= 0.6 is 0 Å². The van der Waals surface area contributed by atoms with E-state index in [2.05, 4.69) is 58.1 Å². The number of amides is 1. The fraction of sp³-hybridized carbons (Fsp3) is 0.632. The van der Waals surface area contributed by atoms with Crippen LogP contribution in [0.4, 0.5) is 0 Å². The molecule has 1 unspecified atom stereocenters. The number of benzene rings is 1. The van der Waals surface area contributed by atoms with E-state index in [0.717, 1.165) is 64.5 Å². The molecule has 3 rings (SSSR count). The predicted molar refractivity (Wildman–Crippen MR) is 97.1 cm³/mol. The van der Waals surface area contributed by atoms with E-state index in [1.807, 2.05) is 0 Å². The summed E-state index contributed by atoms with van der Waals surface area (Å²) in [4.78, 5) is 20.1. The third-order valence-corrected chi connectivity index (χ3v) is 5.27. The summed E-state index contributed by atoms with van der Waals surface area (Å²) in [5, 5.41) is 3.39. The first kappa shape index (κ1) is 17.4. The summed E-state index contributed by atoms with van der Waals surface area (Å²) in [6.45, 7) is 12.8. The lowest BCUT2D eigenvalue weighted by atomic mass is 10.0. The van der Waals surface area contributed by atoms with Gasteiger partial charge >= 0.3 is 0 Å². The molecular weight excluding hydrogens is 300 g/mol. The topological polar surface area (TPSA) is 38.8 Å². The molecular formula is C19H30N4O. The molecule has 1 amide bonds. The maximum absolute atomic E-state index is 13.3. The summed E-state index contributed by atoms with van der Waals surface area (Å²) in [5.74, 6) is 0.275. The van der Waals surface area contributed by atoms with Gasteiger partial charge in [0.15, 0.2) is 0 Å². The van der Waals surface area contributed by atoms with Crippen LogP contribution in [-0.4, -0.2) is 79.5 Å². The molecule has 132 valence electrons. The second-order valence-electron chi connectivity index (χ2n) is 6.86. The van der Waals surface area contributed by atoms with Gasteiger partial charge in [0.2, 0.25) is 5.91 Å². The highest BCUT2D eigenvalue weighted by molar-refractivity contribution is 5.83. The summed E-state index contributed by atoms with van der Waals surface area (Å²) < 4.78 is 0.